The predicted molar refractivity (Wildman–Crippen MR) is 61.1 cm³/mol. The molecule has 0 aromatic rings. The van der Waals surface area contributed by atoms with Crippen molar-refractivity contribution in [3.8, 4) is 0 Å². The average molecular weight is 215 g/mol. The molecule has 0 bridgehead atoms. The third-order valence-electron chi connectivity index (χ3n) is 1.98. The molecule has 0 radical (unpaired) electrons. The lowest BCUT2D eigenvalue weighted by atomic mass is 10.1. The number of hydrogen-bond acceptors (Lipinski definition) is 3. The summed E-state index contributed by atoms with van der Waals surface area (Å²) in [5.41, 5.74) is 15.6. The summed E-state index contributed by atoms with van der Waals surface area (Å²) < 4.78 is 0. The SMILES string of the molecule is CC(CCCN=C(N)N)C(=O)NCCN. The van der Waals surface area contributed by atoms with Crippen molar-refractivity contribution in [2.75, 3.05) is 19.6 Å². The molecule has 0 rings (SSSR count). The third-order valence-corrected chi connectivity index (χ3v) is 1.98. The average Bonchev–Trinajstić information content (AvgIpc) is 2.20. The van der Waals surface area contributed by atoms with Gasteiger partial charge in [-0.25, -0.2) is 0 Å². The van der Waals surface area contributed by atoms with Crippen molar-refractivity contribution in [3.63, 3.8) is 0 Å². The van der Waals surface area contributed by atoms with Crippen LogP contribution in [0.1, 0.15) is 19.8 Å². The molecular weight excluding hydrogens is 194 g/mol. The molecule has 0 aromatic heterocycles. The fourth-order valence-corrected chi connectivity index (χ4v) is 1.11. The summed E-state index contributed by atoms with van der Waals surface area (Å²) in [6.45, 7) is 3.43. The molecule has 0 spiro atoms. The third kappa shape index (κ3) is 7.75. The Hall–Kier alpha value is -1.30. The molecule has 0 fully saturated rings. The van der Waals surface area contributed by atoms with Crippen molar-refractivity contribution in [3.05, 3.63) is 0 Å². The van der Waals surface area contributed by atoms with Gasteiger partial charge in [-0.1, -0.05) is 6.92 Å². The van der Waals surface area contributed by atoms with Gasteiger partial charge in [-0.2, -0.15) is 0 Å². The number of rotatable bonds is 7. The highest BCUT2D eigenvalue weighted by atomic mass is 16.1. The van der Waals surface area contributed by atoms with E-state index in [-0.39, 0.29) is 17.8 Å². The van der Waals surface area contributed by atoms with Gasteiger partial charge in [0.05, 0.1) is 0 Å². The molecule has 0 aliphatic heterocycles. The first-order valence-corrected chi connectivity index (χ1v) is 5.11. The molecule has 6 nitrogen and oxygen atoms in total. The maximum absolute atomic E-state index is 11.4. The zero-order valence-corrected chi connectivity index (χ0v) is 9.20. The van der Waals surface area contributed by atoms with Gasteiger partial charge in [0.15, 0.2) is 5.96 Å². The van der Waals surface area contributed by atoms with E-state index in [1.54, 1.807) is 0 Å². The second kappa shape index (κ2) is 8.05. The van der Waals surface area contributed by atoms with E-state index in [4.69, 9.17) is 17.2 Å². The Kier molecular flexibility index (Phi) is 7.35. The minimum Gasteiger partial charge on any atom is -0.370 e. The smallest absolute Gasteiger partial charge is 0.222 e. The van der Waals surface area contributed by atoms with Crippen molar-refractivity contribution < 1.29 is 4.79 Å². The predicted octanol–water partition coefficient (Wildman–Crippen LogP) is -1.25. The summed E-state index contributed by atoms with van der Waals surface area (Å²) in [5.74, 6) is 0.103. The maximum atomic E-state index is 11.4. The number of nitrogens with one attached hydrogen (secondary N) is 1. The first kappa shape index (κ1) is 13.7. The van der Waals surface area contributed by atoms with Crippen LogP contribution in [0, 0.1) is 5.92 Å². The van der Waals surface area contributed by atoms with Gasteiger partial charge in [-0.05, 0) is 12.8 Å². The van der Waals surface area contributed by atoms with Crippen LogP contribution in [0.3, 0.4) is 0 Å². The van der Waals surface area contributed by atoms with Gasteiger partial charge < -0.3 is 22.5 Å². The summed E-state index contributed by atoms with van der Waals surface area (Å²) >= 11 is 0. The first-order valence-electron chi connectivity index (χ1n) is 5.11. The molecular formula is C9H21N5O. The number of amides is 1. The Morgan fingerprint density at radius 3 is 2.67 bits per heavy atom. The Morgan fingerprint density at radius 1 is 1.47 bits per heavy atom. The van der Waals surface area contributed by atoms with Gasteiger partial charge >= 0.3 is 0 Å². The van der Waals surface area contributed by atoms with Gasteiger partial charge in [0, 0.05) is 25.6 Å². The summed E-state index contributed by atoms with van der Waals surface area (Å²) in [4.78, 5) is 15.2. The number of carbonyl (C=O) groups is 1. The monoisotopic (exact) mass is 215 g/mol. The molecule has 0 aromatic carbocycles. The Bertz CT molecular complexity index is 213. The van der Waals surface area contributed by atoms with E-state index in [0.717, 1.165) is 12.8 Å². The fraction of sp³-hybridized carbons (Fsp3) is 0.778. The number of nitrogens with two attached hydrogens (primary N) is 3. The van der Waals surface area contributed by atoms with Crippen molar-refractivity contribution in [2.24, 2.45) is 28.1 Å². The normalized spacial score (nSPS) is 11.9. The molecule has 7 N–H and O–H groups in total. The molecule has 1 unspecified atom stereocenters. The second-order valence-corrected chi connectivity index (χ2v) is 3.43. The molecule has 0 saturated heterocycles. The lowest BCUT2D eigenvalue weighted by Crippen LogP contribution is -2.33. The van der Waals surface area contributed by atoms with Crippen molar-refractivity contribution >= 4 is 11.9 Å². The Balaban J connectivity index is 3.59. The van der Waals surface area contributed by atoms with Crippen molar-refractivity contribution in [2.45, 2.75) is 19.8 Å². The van der Waals surface area contributed by atoms with Crippen LogP contribution in [-0.4, -0.2) is 31.5 Å². The highest BCUT2D eigenvalue weighted by Crippen LogP contribution is 2.05. The number of nitrogens with zero attached hydrogens (tertiary/aromatic N) is 1. The summed E-state index contributed by atoms with van der Waals surface area (Å²) in [7, 11) is 0. The van der Waals surface area contributed by atoms with Crippen LogP contribution in [0.25, 0.3) is 0 Å². The van der Waals surface area contributed by atoms with Crippen LogP contribution >= 0.6 is 0 Å². The first-order chi connectivity index (χ1) is 7.07. The molecule has 0 aliphatic rings. The van der Waals surface area contributed by atoms with Gasteiger partial charge in [-0.3, -0.25) is 9.79 Å². The van der Waals surface area contributed by atoms with Crippen LogP contribution < -0.4 is 22.5 Å². The van der Waals surface area contributed by atoms with E-state index in [1.807, 2.05) is 6.92 Å². The van der Waals surface area contributed by atoms with E-state index >= 15 is 0 Å². The summed E-state index contributed by atoms with van der Waals surface area (Å²) in [6, 6.07) is 0. The quantitative estimate of drug-likeness (QED) is 0.241. The van der Waals surface area contributed by atoms with Crippen molar-refractivity contribution in [1.29, 1.82) is 0 Å². The number of carbonyl (C=O) groups excluding carboxylic acids is 1. The van der Waals surface area contributed by atoms with Crippen LogP contribution in [-0.2, 0) is 4.79 Å². The Morgan fingerprint density at radius 2 is 2.13 bits per heavy atom. The van der Waals surface area contributed by atoms with Crippen molar-refractivity contribution in [1.82, 2.24) is 5.32 Å². The fourth-order valence-electron chi connectivity index (χ4n) is 1.11. The highest BCUT2D eigenvalue weighted by Gasteiger charge is 2.10. The molecule has 15 heavy (non-hydrogen) atoms. The van der Waals surface area contributed by atoms with E-state index in [0.29, 0.717) is 19.6 Å². The van der Waals surface area contributed by atoms with Crippen LogP contribution in [0.2, 0.25) is 0 Å². The van der Waals surface area contributed by atoms with Crippen LogP contribution in [0.15, 0.2) is 4.99 Å². The molecule has 88 valence electrons. The van der Waals surface area contributed by atoms with Crippen LogP contribution in [0.5, 0.6) is 0 Å². The molecule has 1 atom stereocenters. The molecule has 6 heteroatoms. The molecule has 0 aliphatic carbocycles. The Labute approximate surface area is 90.3 Å². The standard InChI is InChI=1S/C9H21N5O/c1-7(8(15)13-6-4-10)3-2-5-14-9(11)12/h7H,2-6,10H2,1H3,(H,13,15)(H4,11,12,14). The lowest BCUT2D eigenvalue weighted by Gasteiger charge is -2.10. The number of guanidine groups is 1. The van der Waals surface area contributed by atoms with E-state index in [9.17, 15) is 4.79 Å². The lowest BCUT2D eigenvalue weighted by molar-refractivity contribution is -0.124. The van der Waals surface area contributed by atoms with Gasteiger partial charge in [0.25, 0.3) is 0 Å². The zero-order chi connectivity index (χ0) is 11.7. The van der Waals surface area contributed by atoms with E-state index in [1.165, 1.54) is 0 Å². The highest BCUT2D eigenvalue weighted by molar-refractivity contribution is 5.78. The van der Waals surface area contributed by atoms with E-state index < -0.39 is 0 Å². The molecule has 0 saturated carbocycles. The molecule has 0 heterocycles. The second-order valence-electron chi connectivity index (χ2n) is 3.43. The van der Waals surface area contributed by atoms with Gasteiger partial charge in [-0.15, -0.1) is 0 Å². The number of hydrogen-bond donors (Lipinski definition) is 4. The van der Waals surface area contributed by atoms with E-state index in [2.05, 4.69) is 10.3 Å². The van der Waals surface area contributed by atoms with Crippen LogP contribution in [0.4, 0.5) is 0 Å². The summed E-state index contributed by atoms with van der Waals surface area (Å²) in [5, 5.41) is 2.73. The minimum atomic E-state index is -0.0225. The van der Waals surface area contributed by atoms with Gasteiger partial charge in [0.1, 0.15) is 0 Å². The molecule has 1 amide bonds. The zero-order valence-electron chi connectivity index (χ0n) is 9.20. The summed E-state index contributed by atoms with van der Waals surface area (Å²) in [6.07, 6.45) is 1.57. The van der Waals surface area contributed by atoms with Gasteiger partial charge in [0.2, 0.25) is 5.91 Å². The largest absolute Gasteiger partial charge is 0.370 e. The topological polar surface area (TPSA) is 120 Å². The minimum absolute atomic E-state index is 0.0225. The maximum Gasteiger partial charge on any atom is 0.222 e. The number of aliphatic imine (C=N–C) groups is 1.